The van der Waals surface area contributed by atoms with Gasteiger partial charge in [-0.3, -0.25) is 9.59 Å². The Balaban J connectivity index is 1.34. The molecule has 1 fully saturated rings. The number of halogens is 1. The number of benzene rings is 2. The summed E-state index contributed by atoms with van der Waals surface area (Å²) in [7, 11) is 0. The maximum atomic E-state index is 14.5. The van der Waals surface area contributed by atoms with Gasteiger partial charge in [-0.25, -0.2) is 4.39 Å². The Morgan fingerprint density at radius 2 is 1.95 bits per heavy atom. The SMILES string of the molecule is CC(C)c1ccc(OC[C@H]2c3ccsc3CCN2C(=O)CN(C[C@@H]2CCCO2)C(=O)c2ccccc2F)cc1. The Kier molecular flexibility index (Phi) is 8.63. The minimum absolute atomic E-state index is 0.0354. The third kappa shape index (κ3) is 6.34. The van der Waals surface area contributed by atoms with Crippen LogP contribution < -0.4 is 4.74 Å². The summed E-state index contributed by atoms with van der Waals surface area (Å²) in [4.78, 5) is 31.8. The van der Waals surface area contributed by atoms with E-state index in [9.17, 15) is 14.0 Å². The van der Waals surface area contributed by atoms with Gasteiger partial charge in [0.05, 0.1) is 17.7 Å². The Morgan fingerprint density at radius 3 is 2.67 bits per heavy atom. The molecular formula is C31H35FN2O4S. The maximum Gasteiger partial charge on any atom is 0.257 e. The van der Waals surface area contributed by atoms with Gasteiger partial charge in [0, 0.05) is 24.6 Å². The van der Waals surface area contributed by atoms with Crippen molar-refractivity contribution < 1.29 is 23.5 Å². The number of nitrogens with zero attached hydrogens (tertiary/aromatic N) is 2. The lowest BCUT2D eigenvalue weighted by Crippen LogP contribution is -2.49. The number of thiophene rings is 1. The van der Waals surface area contributed by atoms with Crippen molar-refractivity contribution in [1.82, 2.24) is 9.80 Å². The summed E-state index contributed by atoms with van der Waals surface area (Å²) in [6, 6.07) is 15.8. The van der Waals surface area contributed by atoms with E-state index >= 15 is 0 Å². The molecule has 2 aromatic carbocycles. The third-order valence-electron chi connectivity index (χ3n) is 7.54. The monoisotopic (exact) mass is 550 g/mol. The minimum atomic E-state index is -0.595. The number of amides is 2. The molecule has 0 bridgehead atoms. The molecule has 0 N–H and O–H groups in total. The van der Waals surface area contributed by atoms with Gasteiger partial charge in [-0.2, -0.15) is 0 Å². The standard InChI is InChI=1S/C31H35FN2O4S/c1-21(2)22-9-11-23(12-10-22)38-20-28-26-14-17-39-29(26)13-15-34(28)30(35)19-33(18-24-6-5-16-37-24)31(36)25-7-3-4-8-27(25)32/h3-4,7-12,14,17,21,24,28H,5-6,13,15-16,18-20H2,1-2H3/t24-,28-/m0/s1. The topological polar surface area (TPSA) is 59.1 Å². The Hall–Kier alpha value is -3.23. The summed E-state index contributed by atoms with van der Waals surface area (Å²) in [5.74, 6) is -0.0862. The molecule has 1 aromatic heterocycles. The van der Waals surface area contributed by atoms with Crippen molar-refractivity contribution in [3.8, 4) is 5.75 Å². The largest absolute Gasteiger partial charge is 0.491 e. The number of hydrogen-bond acceptors (Lipinski definition) is 5. The number of carbonyl (C=O) groups is 2. The maximum absolute atomic E-state index is 14.5. The molecule has 2 amide bonds. The van der Waals surface area contributed by atoms with E-state index in [0.717, 1.165) is 30.6 Å². The van der Waals surface area contributed by atoms with Crippen molar-refractivity contribution in [2.45, 2.75) is 51.2 Å². The summed E-state index contributed by atoms with van der Waals surface area (Å²) in [6.45, 7) is 5.88. The van der Waals surface area contributed by atoms with Gasteiger partial charge in [-0.1, -0.05) is 38.1 Å². The van der Waals surface area contributed by atoms with Crippen LogP contribution in [0.5, 0.6) is 5.75 Å². The average molecular weight is 551 g/mol. The van der Waals surface area contributed by atoms with Gasteiger partial charge in [0.2, 0.25) is 5.91 Å². The van der Waals surface area contributed by atoms with Crippen molar-refractivity contribution in [1.29, 1.82) is 0 Å². The molecule has 3 heterocycles. The number of fused-ring (bicyclic) bond motifs is 1. The molecule has 2 aliphatic heterocycles. The number of rotatable bonds is 9. The molecule has 1 saturated heterocycles. The molecule has 3 aromatic rings. The molecule has 6 nitrogen and oxygen atoms in total. The molecule has 206 valence electrons. The van der Waals surface area contributed by atoms with Crippen LogP contribution >= 0.6 is 11.3 Å². The van der Waals surface area contributed by atoms with E-state index in [1.54, 1.807) is 23.5 Å². The zero-order valence-corrected chi connectivity index (χ0v) is 23.3. The molecule has 2 atom stereocenters. The van der Waals surface area contributed by atoms with E-state index in [-0.39, 0.29) is 36.7 Å². The second kappa shape index (κ2) is 12.3. The summed E-state index contributed by atoms with van der Waals surface area (Å²) in [5, 5.41) is 2.05. The van der Waals surface area contributed by atoms with Crippen LogP contribution in [0.2, 0.25) is 0 Å². The molecule has 0 unspecified atom stereocenters. The lowest BCUT2D eigenvalue weighted by Gasteiger charge is -2.37. The summed E-state index contributed by atoms with van der Waals surface area (Å²) < 4.78 is 26.5. The zero-order chi connectivity index (χ0) is 27.4. The van der Waals surface area contributed by atoms with Gasteiger partial charge >= 0.3 is 0 Å². The highest BCUT2D eigenvalue weighted by atomic mass is 32.1. The quantitative estimate of drug-likeness (QED) is 0.336. The molecule has 2 aliphatic rings. The van der Waals surface area contributed by atoms with Crippen LogP contribution in [0.4, 0.5) is 4.39 Å². The summed E-state index contributed by atoms with van der Waals surface area (Å²) in [6.07, 6.45) is 2.31. The van der Waals surface area contributed by atoms with Crippen molar-refractivity contribution in [2.24, 2.45) is 0 Å². The molecule has 0 saturated carbocycles. The summed E-state index contributed by atoms with van der Waals surface area (Å²) >= 11 is 1.69. The number of hydrogen-bond donors (Lipinski definition) is 0. The predicted octanol–water partition coefficient (Wildman–Crippen LogP) is 5.84. The molecule has 39 heavy (non-hydrogen) atoms. The smallest absolute Gasteiger partial charge is 0.257 e. The average Bonchev–Trinajstić information content (AvgIpc) is 3.64. The van der Waals surface area contributed by atoms with E-state index in [2.05, 4.69) is 37.4 Å². The van der Waals surface area contributed by atoms with Crippen molar-refractivity contribution in [3.05, 3.63) is 87.4 Å². The molecule has 5 rings (SSSR count). The summed E-state index contributed by atoms with van der Waals surface area (Å²) in [5.41, 5.74) is 2.29. The highest BCUT2D eigenvalue weighted by Crippen LogP contribution is 2.34. The van der Waals surface area contributed by atoms with Crippen molar-refractivity contribution >= 4 is 23.2 Å². The fourth-order valence-electron chi connectivity index (χ4n) is 5.31. The molecule has 0 spiro atoms. The van der Waals surface area contributed by atoms with E-state index in [4.69, 9.17) is 9.47 Å². The van der Waals surface area contributed by atoms with Gasteiger partial charge < -0.3 is 19.3 Å². The van der Waals surface area contributed by atoms with Crippen LogP contribution in [0.1, 0.15) is 65.0 Å². The van der Waals surface area contributed by atoms with Crippen LogP contribution in [0.3, 0.4) is 0 Å². The fourth-order valence-corrected chi connectivity index (χ4v) is 6.24. The number of carbonyl (C=O) groups excluding carboxylic acids is 2. The van der Waals surface area contributed by atoms with Crippen LogP contribution in [0.15, 0.2) is 60.0 Å². The van der Waals surface area contributed by atoms with Crippen molar-refractivity contribution in [3.63, 3.8) is 0 Å². The van der Waals surface area contributed by atoms with Crippen LogP contribution in [-0.2, 0) is 16.0 Å². The Morgan fingerprint density at radius 1 is 1.15 bits per heavy atom. The fraction of sp³-hybridized carbons (Fsp3) is 0.419. The first kappa shape index (κ1) is 27.3. The first-order valence-electron chi connectivity index (χ1n) is 13.6. The van der Waals surface area contributed by atoms with Gasteiger partial charge in [-0.15, -0.1) is 11.3 Å². The molecule has 8 heteroatoms. The second-order valence-electron chi connectivity index (χ2n) is 10.5. The normalized spacial score (nSPS) is 18.7. The Labute approximate surface area is 233 Å². The highest BCUT2D eigenvalue weighted by molar-refractivity contribution is 7.10. The molecular weight excluding hydrogens is 515 g/mol. The van der Waals surface area contributed by atoms with Gasteiger partial charge in [0.25, 0.3) is 5.91 Å². The Bertz CT molecular complexity index is 1290. The lowest BCUT2D eigenvalue weighted by molar-refractivity contribution is -0.135. The first-order chi connectivity index (χ1) is 18.9. The zero-order valence-electron chi connectivity index (χ0n) is 22.5. The third-order valence-corrected chi connectivity index (χ3v) is 8.53. The van der Waals surface area contributed by atoms with E-state index in [0.29, 0.717) is 25.7 Å². The second-order valence-corrected chi connectivity index (χ2v) is 11.5. The molecule has 0 radical (unpaired) electrons. The predicted molar refractivity (Wildman–Crippen MR) is 150 cm³/mol. The molecule has 0 aliphatic carbocycles. The van der Waals surface area contributed by atoms with Gasteiger partial charge in [0.15, 0.2) is 0 Å². The van der Waals surface area contributed by atoms with E-state index < -0.39 is 11.7 Å². The highest BCUT2D eigenvalue weighted by Gasteiger charge is 2.35. The van der Waals surface area contributed by atoms with Crippen LogP contribution in [0, 0.1) is 5.82 Å². The van der Waals surface area contributed by atoms with Crippen molar-refractivity contribution in [2.75, 3.05) is 32.8 Å². The van der Waals surface area contributed by atoms with E-state index in [1.165, 1.54) is 27.5 Å². The first-order valence-corrected chi connectivity index (χ1v) is 14.5. The van der Waals surface area contributed by atoms with Gasteiger partial charge in [-0.05, 0) is 72.0 Å². The van der Waals surface area contributed by atoms with Gasteiger partial charge in [0.1, 0.15) is 24.7 Å². The lowest BCUT2D eigenvalue weighted by atomic mass is 10.00. The number of ether oxygens (including phenoxy) is 2. The van der Waals surface area contributed by atoms with Crippen LogP contribution in [-0.4, -0.2) is 60.6 Å². The van der Waals surface area contributed by atoms with Crippen LogP contribution in [0.25, 0.3) is 0 Å². The van der Waals surface area contributed by atoms with E-state index in [1.807, 2.05) is 17.0 Å². The minimum Gasteiger partial charge on any atom is -0.491 e.